The summed E-state index contributed by atoms with van der Waals surface area (Å²) in [4.78, 5) is 26.8. The van der Waals surface area contributed by atoms with E-state index < -0.39 is 17.9 Å². The van der Waals surface area contributed by atoms with E-state index in [0.717, 1.165) is 23.7 Å². The molecule has 2 atom stereocenters. The van der Waals surface area contributed by atoms with Crippen LogP contribution in [-0.2, 0) is 9.53 Å². The normalized spacial score (nSPS) is 19.7. The molecule has 2 aromatic rings. The van der Waals surface area contributed by atoms with Gasteiger partial charge < -0.3 is 20.1 Å². The Bertz CT molecular complexity index is 655. The second-order valence-corrected chi connectivity index (χ2v) is 5.54. The van der Waals surface area contributed by atoms with E-state index in [1.807, 2.05) is 24.3 Å². The van der Waals surface area contributed by atoms with Crippen molar-refractivity contribution in [1.29, 1.82) is 0 Å². The van der Waals surface area contributed by atoms with Gasteiger partial charge in [0.2, 0.25) is 0 Å². The number of H-pyrrole nitrogens is 1. The summed E-state index contributed by atoms with van der Waals surface area (Å²) in [6.07, 6.45) is 1.56. The van der Waals surface area contributed by atoms with Crippen LogP contribution in [0.3, 0.4) is 0 Å². The molecule has 2 heterocycles. The van der Waals surface area contributed by atoms with E-state index in [4.69, 9.17) is 4.74 Å². The van der Waals surface area contributed by atoms with Crippen molar-refractivity contribution in [2.45, 2.75) is 18.9 Å². The topological polar surface area (TPSA) is 91.4 Å². The van der Waals surface area contributed by atoms with Gasteiger partial charge in [-0.3, -0.25) is 4.79 Å². The number of amides is 1. The molecule has 1 aliphatic rings. The molecule has 1 aromatic carbocycles. The number of ether oxygens (including phenoxy) is 1. The molecule has 3 N–H and O–H groups in total. The van der Waals surface area contributed by atoms with Crippen molar-refractivity contribution in [3.63, 3.8) is 0 Å². The number of carbonyl (C=O) groups excluding carboxylic acids is 1. The first-order valence-corrected chi connectivity index (χ1v) is 7.34. The molecule has 6 nitrogen and oxygen atoms in total. The lowest BCUT2D eigenvalue weighted by molar-refractivity contribution is -0.142. The molecule has 1 fully saturated rings. The molecule has 2 unspecified atom stereocenters. The lowest BCUT2D eigenvalue weighted by Crippen LogP contribution is -2.48. The third-order valence-corrected chi connectivity index (χ3v) is 3.99. The second kappa shape index (κ2) is 6.19. The maximum Gasteiger partial charge on any atom is 0.326 e. The molecule has 3 rings (SSSR count). The van der Waals surface area contributed by atoms with Crippen LogP contribution in [0.25, 0.3) is 10.9 Å². The Morgan fingerprint density at radius 1 is 1.36 bits per heavy atom. The van der Waals surface area contributed by atoms with Gasteiger partial charge in [-0.2, -0.15) is 0 Å². The van der Waals surface area contributed by atoms with Crippen LogP contribution in [0.2, 0.25) is 0 Å². The van der Waals surface area contributed by atoms with Gasteiger partial charge in [-0.15, -0.1) is 0 Å². The second-order valence-electron chi connectivity index (χ2n) is 5.54. The number of rotatable bonds is 4. The predicted molar refractivity (Wildman–Crippen MR) is 80.7 cm³/mol. The number of hydrogen-bond donors (Lipinski definition) is 3. The van der Waals surface area contributed by atoms with Crippen LogP contribution in [0, 0.1) is 5.92 Å². The Kier molecular flexibility index (Phi) is 4.11. The molecule has 0 spiro atoms. The van der Waals surface area contributed by atoms with E-state index >= 15 is 0 Å². The molecule has 1 aliphatic heterocycles. The average Bonchev–Trinajstić information content (AvgIpc) is 2.97. The zero-order valence-electron chi connectivity index (χ0n) is 12.0. The van der Waals surface area contributed by atoms with Crippen molar-refractivity contribution in [2.24, 2.45) is 5.92 Å². The number of carboxylic acid groups (broad SMARTS) is 1. The van der Waals surface area contributed by atoms with Crippen molar-refractivity contribution < 1.29 is 19.4 Å². The highest BCUT2D eigenvalue weighted by molar-refractivity contribution is 5.99. The first kappa shape index (κ1) is 14.6. The number of nitrogens with one attached hydrogen (secondary N) is 2. The van der Waals surface area contributed by atoms with E-state index in [-0.39, 0.29) is 5.92 Å². The number of para-hydroxylation sites is 1. The summed E-state index contributed by atoms with van der Waals surface area (Å²) in [5, 5.41) is 12.9. The molecule has 0 saturated carbocycles. The minimum Gasteiger partial charge on any atom is -0.480 e. The Morgan fingerprint density at radius 2 is 2.18 bits per heavy atom. The largest absolute Gasteiger partial charge is 0.480 e. The molecule has 116 valence electrons. The highest BCUT2D eigenvalue weighted by Gasteiger charge is 2.31. The van der Waals surface area contributed by atoms with E-state index in [1.54, 1.807) is 6.07 Å². The third kappa shape index (κ3) is 2.96. The van der Waals surface area contributed by atoms with Gasteiger partial charge in [0.05, 0.1) is 6.61 Å². The molecule has 0 bridgehead atoms. The molecular formula is C16H18N2O4. The minimum absolute atomic E-state index is 0.195. The fourth-order valence-electron chi connectivity index (χ4n) is 2.82. The van der Waals surface area contributed by atoms with Crippen LogP contribution < -0.4 is 5.32 Å². The molecule has 6 heteroatoms. The zero-order valence-corrected chi connectivity index (χ0v) is 12.0. The van der Waals surface area contributed by atoms with Gasteiger partial charge in [0.1, 0.15) is 11.7 Å². The molecule has 1 saturated heterocycles. The van der Waals surface area contributed by atoms with Crippen molar-refractivity contribution in [3.05, 3.63) is 36.0 Å². The van der Waals surface area contributed by atoms with Gasteiger partial charge in [0.15, 0.2) is 0 Å². The van der Waals surface area contributed by atoms with Crippen LogP contribution in [-0.4, -0.2) is 41.2 Å². The lowest BCUT2D eigenvalue weighted by Gasteiger charge is -2.27. The summed E-state index contributed by atoms with van der Waals surface area (Å²) in [7, 11) is 0. The van der Waals surface area contributed by atoms with Gasteiger partial charge in [-0.1, -0.05) is 18.2 Å². The minimum atomic E-state index is -1.03. The third-order valence-electron chi connectivity index (χ3n) is 3.99. The number of carbonyl (C=O) groups is 2. The van der Waals surface area contributed by atoms with Crippen LogP contribution in [0.5, 0.6) is 0 Å². The van der Waals surface area contributed by atoms with Gasteiger partial charge in [0, 0.05) is 23.4 Å². The smallest absolute Gasteiger partial charge is 0.326 e. The Labute approximate surface area is 127 Å². The van der Waals surface area contributed by atoms with E-state index in [1.165, 1.54) is 0 Å². The van der Waals surface area contributed by atoms with Crippen LogP contribution >= 0.6 is 0 Å². The summed E-state index contributed by atoms with van der Waals surface area (Å²) < 4.78 is 5.33. The molecule has 22 heavy (non-hydrogen) atoms. The highest BCUT2D eigenvalue weighted by Crippen LogP contribution is 2.19. The van der Waals surface area contributed by atoms with Crippen LogP contribution in [0.4, 0.5) is 0 Å². The number of aromatic amines is 1. The van der Waals surface area contributed by atoms with E-state index in [2.05, 4.69) is 10.3 Å². The van der Waals surface area contributed by atoms with Crippen LogP contribution in [0.1, 0.15) is 23.3 Å². The Morgan fingerprint density at radius 3 is 2.86 bits per heavy atom. The molecule has 1 amide bonds. The van der Waals surface area contributed by atoms with Crippen molar-refractivity contribution in [2.75, 3.05) is 13.2 Å². The standard InChI is InChI=1S/C16H18N2O4/c19-15(13-8-10-4-1-2-6-12(10)17-13)18-14(16(20)21)11-5-3-7-22-9-11/h1-2,4,6,8,11,14,17H,3,5,7,9H2,(H,18,19)(H,20,21). The molecular weight excluding hydrogens is 284 g/mol. The van der Waals surface area contributed by atoms with Crippen LogP contribution in [0.15, 0.2) is 30.3 Å². The number of benzene rings is 1. The molecule has 0 radical (unpaired) electrons. The van der Waals surface area contributed by atoms with Crippen molar-refractivity contribution in [3.8, 4) is 0 Å². The summed E-state index contributed by atoms with van der Waals surface area (Å²) in [6, 6.07) is 8.32. The van der Waals surface area contributed by atoms with Crippen molar-refractivity contribution >= 4 is 22.8 Å². The summed E-state index contributed by atoms with van der Waals surface area (Å²) in [5.74, 6) is -1.63. The van der Waals surface area contributed by atoms with E-state index in [0.29, 0.717) is 18.9 Å². The quantitative estimate of drug-likeness (QED) is 0.803. The first-order valence-electron chi connectivity index (χ1n) is 7.34. The van der Waals surface area contributed by atoms with Gasteiger partial charge in [-0.25, -0.2) is 4.79 Å². The maximum absolute atomic E-state index is 12.3. The van der Waals surface area contributed by atoms with Gasteiger partial charge in [-0.05, 0) is 25.0 Å². The number of aromatic nitrogens is 1. The fraction of sp³-hybridized carbons (Fsp3) is 0.375. The van der Waals surface area contributed by atoms with Gasteiger partial charge in [0.25, 0.3) is 5.91 Å². The SMILES string of the molecule is O=C(NC(C(=O)O)C1CCCOC1)c1cc2ccccc2[nH]1. The summed E-state index contributed by atoms with van der Waals surface area (Å²) in [6.45, 7) is 1.02. The zero-order chi connectivity index (χ0) is 15.5. The highest BCUT2D eigenvalue weighted by atomic mass is 16.5. The fourth-order valence-corrected chi connectivity index (χ4v) is 2.82. The molecule has 1 aromatic heterocycles. The first-order chi connectivity index (χ1) is 10.6. The average molecular weight is 302 g/mol. The Hall–Kier alpha value is -2.34. The number of hydrogen-bond acceptors (Lipinski definition) is 3. The van der Waals surface area contributed by atoms with Crippen molar-refractivity contribution in [1.82, 2.24) is 10.3 Å². The van der Waals surface area contributed by atoms with E-state index in [9.17, 15) is 14.7 Å². The number of carboxylic acids is 1. The maximum atomic E-state index is 12.3. The number of aliphatic carboxylic acids is 1. The molecule has 0 aliphatic carbocycles. The lowest BCUT2D eigenvalue weighted by atomic mass is 9.93. The predicted octanol–water partition coefficient (Wildman–Crippen LogP) is 1.78. The monoisotopic (exact) mass is 302 g/mol. The van der Waals surface area contributed by atoms with Gasteiger partial charge >= 0.3 is 5.97 Å². The number of fused-ring (bicyclic) bond motifs is 1. The summed E-state index contributed by atoms with van der Waals surface area (Å²) in [5.41, 5.74) is 1.21. The Balaban J connectivity index is 1.76. The summed E-state index contributed by atoms with van der Waals surface area (Å²) >= 11 is 0.